The topological polar surface area (TPSA) is 79.0 Å². The smallest absolute Gasteiger partial charge is 0.227 e. The first kappa shape index (κ1) is 19.6. The van der Waals surface area contributed by atoms with Crippen LogP contribution in [-0.4, -0.2) is 80.8 Å². The Kier molecular flexibility index (Phi) is 5.79. The van der Waals surface area contributed by atoms with Crippen molar-refractivity contribution in [1.29, 1.82) is 0 Å². The van der Waals surface area contributed by atoms with E-state index in [-0.39, 0.29) is 23.7 Å². The number of rotatable bonds is 6. The van der Waals surface area contributed by atoms with Gasteiger partial charge in [-0.3, -0.25) is 9.69 Å². The van der Waals surface area contributed by atoms with E-state index in [1.807, 2.05) is 0 Å². The number of amides is 1. The third-order valence-electron chi connectivity index (χ3n) is 6.82. The second-order valence-electron chi connectivity index (χ2n) is 8.61. The zero-order valence-electron chi connectivity index (χ0n) is 16.2. The maximum Gasteiger partial charge on any atom is 0.227 e. The summed E-state index contributed by atoms with van der Waals surface area (Å²) in [5.74, 6) is 0.219. The zero-order valence-corrected chi connectivity index (χ0v) is 17.0. The Labute approximate surface area is 162 Å². The minimum atomic E-state index is -3.21. The van der Waals surface area contributed by atoms with Crippen molar-refractivity contribution in [1.82, 2.24) is 14.5 Å². The molecule has 2 heterocycles. The van der Waals surface area contributed by atoms with E-state index in [0.29, 0.717) is 13.0 Å². The van der Waals surface area contributed by atoms with Crippen LogP contribution in [0.25, 0.3) is 0 Å². The van der Waals surface area contributed by atoms with Gasteiger partial charge in [-0.15, -0.1) is 0 Å². The fourth-order valence-electron chi connectivity index (χ4n) is 5.19. The highest BCUT2D eigenvalue weighted by atomic mass is 32.2. The Morgan fingerprint density at radius 2 is 1.89 bits per heavy atom. The van der Waals surface area contributed by atoms with E-state index >= 15 is 0 Å². The number of nitrogens with zero attached hydrogens (tertiary/aromatic N) is 2. The van der Waals surface area contributed by atoms with Crippen LogP contribution < -0.4 is 5.32 Å². The lowest BCUT2D eigenvalue weighted by Crippen LogP contribution is -2.63. The molecule has 2 aliphatic carbocycles. The van der Waals surface area contributed by atoms with Gasteiger partial charge in [0.25, 0.3) is 0 Å². The zero-order chi connectivity index (χ0) is 18.9. The molecule has 2 atom stereocenters. The molecule has 154 valence electrons. The van der Waals surface area contributed by atoms with Gasteiger partial charge < -0.3 is 10.1 Å². The predicted molar refractivity (Wildman–Crippen MR) is 103 cm³/mol. The monoisotopic (exact) mass is 399 g/mol. The maximum atomic E-state index is 13.2. The number of fused-ring (bicyclic) bond motifs is 1. The fourth-order valence-corrected chi connectivity index (χ4v) is 7.38. The van der Waals surface area contributed by atoms with Gasteiger partial charge in [-0.1, -0.05) is 12.8 Å². The molecule has 1 amide bonds. The van der Waals surface area contributed by atoms with E-state index in [0.717, 1.165) is 77.8 Å². The number of sulfonamides is 1. The van der Waals surface area contributed by atoms with Crippen LogP contribution in [0.15, 0.2) is 0 Å². The van der Waals surface area contributed by atoms with Crippen molar-refractivity contribution in [3.63, 3.8) is 0 Å². The predicted octanol–water partition coefficient (Wildman–Crippen LogP) is 0.952. The van der Waals surface area contributed by atoms with Gasteiger partial charge in [-0.05, 0) is 45.1 Å². The van der Waals surface area contributed by atoms with Crippen molar-refractivity contribution in [2.75, 3.05) is 45.1 Å². The number of hydrogen-bond acceptors (Lipinski definition) is 5. The second kappa shape index (κ2) is 7.97. The fraction of sp³-hybridized carbons (Fsp3) is 0.947. The van der Waals surface area contributed by atoms with Gasteiger partial charge in [0, 0.05) is 31.7 Å². The molecule has 0 radical (unpaired) electrons. The molecular formula is C19H33N3O4S. The van der Waals surface area contributed by atoms with Gasteiger partial charge >= 0.3 is 0 Å². The lowest BCUT2D eigenvalue weighted by molar-refractivity contribution is -0.137. The molecule has 0 aromatic carbocycles. The minimum absolute atomic E-state index is 0.0923. The van der Waals surface area contributed by atoms with Gasteiger partial charge in [0.1, 0.15) is 0 Å². The first-order valence-electron chi connectivity index (χ1n) is 10.6. The van der Waals surface area contributed by atoms with E-state index < -0.39 is 15.4 Å². The highest BCUT2D eigenvalue weighted by Gasteiger charge is 2.58. The average molecular weight is 400 g/mol. The number of hydrogen-bond donors (Lipinski definition) is 1. The Bertz CT molecular complexity index is 645. The molecule has 2 saturated heterocycles. The largest absolute Gasteiger partial charge is 0.379 e. The maximum absolute atomic E-state index is 13.2. The molecule has 4 rings (SSSR count). The standard InChI is InChI=1S/C19H33N3O4S/c23-18(20-9-3-10-21-11-13-26-14-12-21)19-7-2-1-4-17(19)22(16-5-6-16)27(24,25)15-8-19/h16-17H,1-15H2,(H,20,23)/t17-,19-/m1/s1. The molecular weight excluding hydrogens is 366 g/mol. The van der Waals surface area contributed by atoms with Crippen LogP contribution >= 0.6 is 0 Å². The molecule has 0 unspecified atom stereocenters. The van der Waals surface area contributed by atoms with E-state index in [2.05, 4.69) is 10.2 Å². The van der Waals surface area contributed by atoms with Crippen molar-refractivity contribution in [2.24, 2.45) is 5.41 Å². The molecule has 0 spiro atoms. The molecule has 1 N–H and O–H groups in total. The summed E-state index contributed by atoms with van der Waals surface area (Å²) in [5, 5.41) is 3.17. The molecule has 0 aromatic rings. The van der Waals surface area contributed by atoms with Crippen molar-refractivity contribution in [2.45, 2.75) is 63.5 Å². The van der Waals surface area contributed by atoms with Crippen LogP contribution in [0.1, 0.15) is 51.4 Å². The van der Waals surface area contributed by atoms with Crippen LogP contribution in [0.4, 0.5) is 0 Å². The molecule has 4 aliphatic rings. The van der Waals surface area contributed by atoms with E-state index in [1.165, 1.54) is 0 Å². The van der Waals surface area contributed by atoms with Gasteiger partial charge in [0.05, 0.1) is 24.4 Å². The summed E-state index contributed by atoms with van der Waals surface area (Å²) in [6.45, 7) is 5.16. The van der Waals surface area contributed by atoms with Crippen LogP contribution in [0.2, 0.25) is 0 Å². The molecule has 4 fully saturated rings. The lowest BCUT2D eigenvalue weighted by atomic mass is 9.67. The Balaban J connectivity index is 1.38. The number of nitrogens with one attached hydrogen (secondary N) is 1. The number of morpholine rings is 1. The van der Waals surface area contributed by atoms with E-state index in [1.54, 1.807) is 4.31 Å². The third-order valence-corrected chi connectivity index (χ3v) is 8.74. The van der Waals surface area contributed by atoms with Gasteiger partial charge in [0.15, 0.2) is 0 Å². The molecule has 2 aliphatic heterocycles. The van der Waals surface area contributed by atoms with Crippen molar-refractivity contribution < 1.29 is 17.9 Å². The van der Waals surface area contributed by atoms with Gasteiger partial charge in [-0.2, -0.15) is 4.31 Å². The van der Waals surface area contributed by atoms with Crippen LogP contribution in [0.3, 0.4) is 0 Å². The molecule has 27 heavy (non-hydrogen) atoms. The molecule has 0 aromatic heterocycles. The first-order chi connectivity index (χ1) is 13.0. The summed E-state index contributed by atoms with van der Waals surface area (Å²) >= 11 is 0. The molecule has 2 saturated carbocycles. The normalized spacial score (nSPS) is 34.7. The van der Waals surface area contributed by atoms with Crippen LogP contribution in [0.5, 0.6) is 0 Å². The number of carbonyl (C=O) groups is 1. The quantitative estimate of drug-likeness (QED) is 0.673. The van der Waals surface area contributed by atoms with Crippen molar-refractivity contribution in [3.8, 4) is 0 Å². The SMILES string of the molecule is O=C(NCCCN1CCOCC1)[C@@]12CCCC[C@H]1N(C1CC1)S(=O)(=O)CC2. The van der Waals surface area contributed by atoms with E-state index in [9.17, 15) is 13.2 Å². The minimum Gasteiger partial charge on any atom is -0.379 e. The number of carbonyl (C=O) groups excluding carboxylic acids is 1. The summed E-state index contributed by atoms with van der Waals surface area (Å²) in [4.78, 5) is 15.6. The highest BCUT2D eigenvalue weighted by Crippen LogP contribution is 2.50. The Morgan fingerprint density at radius 3 is 2.63 bits per heavy atom. The molecule has 0 bridgehead atoms. The van der Waals surface area contributed by atoms with Crippen LogP contribution in [-0.2, 0) is 19.6 Å². The van der Waals surface area contributed by atoms with Crippen molar-refractivity contribution in [3.05, 3.63) is 0 Å². The summed E-state index contributed by atoms with van der Waals surface area (Å²) in [7, 11) is -3.21. The molecule has 8 heteroatoms. The summed E-state index contributed by atoms with van der Waals surface area (Å²) in [5.41, 5.74) is -0.509. The average Bonchev–Trinajstić information content (AvgIpc) is 3.50. The summed E-state index contributed by atoms with van der Waals surface area (Å²) in [6.07, 6.45) is 7.02. The van der Waals surface area contributed by atoms with Crippen LogP contribution in [0, 0.1) is 5.41 Å². The first-order valence-corrected chi connectivity index (χ1v) is 12.2. The lowest BCUT2D eigenvalue weighted by Gasteiger charge is -2.51. The van der Waals surface area contributed by atoms with Crippen molar-refractivity contribution >= 4 is 15.9 Å². The van der Waals surface area contributed by atoms with Gasteiger partial charge in [0.2, 0.25) is 15.9 Å². The molecule has 7 nitrogen and oxygen atoms in total. The number of ether oxygens (including phenoxy) is 1. The second-order valence-corrected chi connectivity index (χ2v) is 10.6. The van der Waals surface area contributed by atoms with E-state index in [4.69, 9.17) is 4.74 Å². The summed E-state index contributed by atoms with van der Waals surface area (Å²) < 4.78 is 32.5. The van der Waals surface area contributed by atoms with Gasteiger partial charge in [-0.25, -0.2) is 8.42 Å². The summed E-state index contributed by atoms with van der Waals surface area (Å²) in [6, 6.07) is 0.0173. The Hall–Kier alpha value is -0.700. The third kappa shape index (κ3) is 4.04. The highest BCUT2D eigenvalue weighted by molar-refractivity contribution is 7.89. The Morgan fingerprint density at radius 1 is 1.11 bits per heavy atom.